The molecule has 0 heterocycles. The zero-order valence-corrected chi connectivity index (χ0v) is 13.8. The molecule has 0 spiro atoms. The van der Waals surface area contributed by atoms with Crippen LogP contribution in [0.15, 0.2) is 54.6 Å². The Morgan fingerprint density at radius 2 is 1.86 bits per heavy atom. The Kier molecular flexibility index (Phi) is 6.22. The third-order valence-corrected chi connectivity index (χ3v) is 3.54. The van der Waals surface area contributed by atoms with Gasteiger partial charge in [0.15, 0.2) is 5.11 Å². The zero-order valence-electron chi connectivity index (χ0n) is 13.0. The monoisotopic (exact) mass is 314 g/mol. The van der Waals surface area contributed by atoms with Gasteiger partial charge in [-0.25, -0.2) is 0 Å². The maximum absolute atomic E-state index is 5.50. The zero-order chi connectivity index (χ0) is 15.8. The minimum Gasteiger partial charge on any atom is -0.494 e. The number of benzene rings is 2. The number of hydrogen-bond donors (Lipinski definition) is 2. The Hall–Kier alpha value is -2.07. The molecule has 2 aromatic rings. The molecule has 3 nitrogen and oxygen atoms in total. The summed E-state index contributed by atoms with van der Waals surface area (Å²) in [5.74, 6) is 0.838. The van der Waals surface area contributed by atoms with Crippen LogP contribution in [0, 0.1) is 0 Å². The minimum atomic E-state index is 0.205. The molecule has 2 rings (SSSR count). The molecule has 2 N–H and O–H groups in total. The first kappa shape index (κ1) is 16.3. The van der Waals surface area contributed by atoms with Gasteiger partial charge in [0.05, 0.1) is 12.6 Å². The van der Waals surface area contributed by atoms with E-state index in [4.69, 9.17) is 17.0 Å². The lowest BCUT2D eigenvalue weighted by Gasteiger charge is -2.20. The minimum absolute atomic E-state index is 0.205. The number of rotatable bonds is 6. The van der Waals surface area contributed by atoms with E-state index in [0.29, 0.717) is 11.7 Å². The van der Waals surface area contributed by atoms with Gasteiger partial charge >= 0.3 is 0 Å². The standard InChI is InChI=1S/C18H22N2OS/c1-3-17(14-9-6-5-7-10-14)20-18(22)19-15-11-8-12-16(13-15)21-4-2/h5-13,17H,3-4H2,1-2H3,(H2,19,20,22). The van der Waals surface area contributed by atoms with E-state index in [9.17, 15) is 0 Å². The van der Waals surface area contributed by atoms with Crippen molar-refractivity contribution in [2.24, 2.45) is 0 Å². The van der Waals surface area contributed by atoms with Crippen LogP contribution in [0.3, 0.4) is 0 Å². The van der Waals surface area contributed by atoms with Crippen molar-refractivity contribution in [1.82, 2.24) is 5.32 Å². The first-order valence-corrected chi connectivity index (χ1v) is 7.99. The highest BCUT2D eigenvalue weighted by atomic mass is 32.1. The fourth-order valence-electron chi connectivity index (χ4n) is 2.26. The van der Waals surface area contributed by atoms with Crippen molar-refractivity contribution in [2.75, 3.05) is 11.9 Å². The third kappa shape index (κ3) is 4.74. The highest BCUT2D eigenvalue weighted by Crippen LogP contribution is 2.19. The van der Waals surface area contributed by atoms with Gasteiger partial charge < -0.3 is 15.4 Å². The molecule has 0 aromatic heterocycles. The topological polar surface area (TPSA) is 33.3 Å². The van der Waals surface area contributed by atoms with Crippen molar-refractivity contribution in [3.05, 3.63) is 60.2 Å². The van der Waals surface area contributed by atoms with Gasteiger partial charge in [-0.15, -0.1) is 0 Å². The summed E-state index contributed by atoms with van der Waals surface area (Å²) in [5, 5.41) is 7.19. The van der Waals surface area contributed by atoms with E-state index in [-0.39, 0.29) is 6.04 Å². The van der Waals surface area contributed by atoms with Crippen molar-refractivity contribution in [2.45, 2.75) is 26.3 Å². The van der Waals surface area contributed by atoms with Crippen LogP contribution in [0.25, 0.3) is 0 Å². The summed E-state index contributed by atoms with van der Waals surface area (Å²) < 4.78 is 5.50. The molecule has 4 heteroatoms. The maximum atomic E-state index is 5.50. The molecule has 2 aromatic carbocycles. The van der Waals surface area contributed by atoms with Gasteiger partial charge in [-0.2, -0.15) is 0 Å². The summed E-state index contributed by atoms with van der Waals surface area (Å²) in [6.45, 7) is 4.76. The van der Waals surface area contributed by atoms with Gasteiger partial charge in [0.1, 0.15) is 5.75 Å². The van der Waals surface area contributed by atoms with E-state index in [0.717, 1.165) is 17.9 Å². The summed E-state index contributed by atoms with van der Waals surface area (Å²) in [7, 11) is 0. The summed E-state index contributed by atoms with van der Waals surface area (Å²) in [6.07, 6.45) is 0.963. The number of thiocarbonyl (C=S) groups is 1. The molecule has 0 aliphatic heterocycles. The Labute approximate surface area is 137 Å². The van der Waals surface area contributed by atoms with Crippen LogP contribution >= 0.6 is 12.2 Å². The first-order chi connectivity index (χ1) is 10.7. The van der Waals surface area contributed by atoms with Gasteiger partial charge in [0.2, 0.25) is 0 Å². The van der Waals surface area contributed by atoms with E-state index in [1.165, 1.54) is 5.56 Å². The van der Waals surface area contributed by atoms with E-state index in [1.807, 2.05) is 49.4 Å². The van der Waals surface area contributed by atoms with Crippen LogP contribution in [0.2, 0.25) is 0 Å². The second-order valence-electron chi connectivity index (χ2n) is 4.93. The van der Waals surface area contributed by atoms with E-state index in [2.05, 4.69) is 29.7 Å². The second kappa shape index (κ2) is 8.39. The largest absolute Gasteiger partial charge is 0.494 e. The van der Waals surface area contributed by atoms with Gasteiger partial charge in [-0.1, -0.05) is 43.3 Å². The molecule has 1 atom stereocenters. The smallest absolute Gasteiger partial charge is 0.171 e. The third-order valence-electron chi connectivity index (χ3n) is 3.32. The van der Waals surface area contributed by atoms with E-state index >= 15 is 0 Å². The average Bonchev–Trinajstić information content (AvgIpc) is 2.54. The molecular weight excluding hydrogens is 292 g/mol. The fourth-order valence-corrected chi connectivity index (χ4v) is 2.52. The van der Waals surface area contributed by atoms with Crippen LogP contribution in [0.5, 0.6) is 5.75 Å². The summed E-state index contributed by atoms with van der Waals surface area (Å²) in [6, 6.07) is 18.3. The van der Waals surface area contributed by atoms with Crippen molar-refractivity contribution < 1.29 is 4.74 Å². The number of hydrogen-bond acceptors (Lipinski definition) is 2. The molecule has 0 saturated heterocycles. The average molecular weight is 314 g/mol. The summed E-state index contributed by atoms with van der Waals surface area (Å²) >= 11 is 5.42. The van der Waals surface area contributed by atoms with E-state index in [1.54, 1.807) is 0 Å². The van der Waals surface area contributed by atoms with Crippen molar-refractivity contribution >= 4 is 23.0 Å². The first-order valence-electron chi connectivity index (χ1n) is 7.58. The molecule has 22 heavy (non-hydrogen) atoms. The predicted octanol–water partition coefficient (Wildman–Crippen LogP) is 4.52. The van der Waals surface area contributed by atoms with Crippen LogP contribution in [0.4, 0.5) is 5.69 Å². The molecular formula is C18H22N2OS. The number of nitrogens with one attached hydrogen (secondary N) is 2. The van der Waals surface area contributed by atoms with Crippen LogP contribution in [-0.2, 0) is 0 Å². The molecule has 0 bridgehead atoms. The Morgan fingerprint density at radius 3 is 2.55 bits per heavy atom. The lowest BCUT2D eigenvalue weighted by atomic mass is 10.1. The van der Waals surface area contributed by atoms with Gasteiger partial charge in [-0.3, -0.25) is 0 Å². The molecule has 0 saturated carbocycles. The SMILES string of the molecule is CCOc1cccc(NC(=S)NC(CC)c2ccccc2)c1. The molecule has 0 amide bonds. The van der Waals surface area contributed by atoms with Crippen molar-refractivity contribution in [3.8, 4) is 5.75 Å². The van der Waals surface area contributed by atoms with Gasteiger partial charge in [0.25, 0.3) is 0 Å². The molecule has 0 aliphatic carbocycles. The maximum Gasteiger partial charge on any atom is 0.171 e. The fraction of sp³-hybridized carbons (Fsp3) is 0.278. The second-order valence-corrected chi connectivity index (χ2v) is 5.34. The number of anilines is 1. The van der Waals surface area contributed by atoms with Crippen LogP contribution in [-0.4, -0.2) is 11.7 Å². The van der Waals surface area contributed by atoms with Gasteiger partial charge in [0, 0.05) is 11.8 Å². The summed E-state index contributed by atoms with van der Waals surface area (Å²) in [4.78, 5) is 0. The van der Waals surface area contributed by atoms with E-state index < -0.39 is 0 Å². The molecule has 0 aliphatic rings. The Morgan fingerprint density at radius 1 is 1.09 bits per heavy atom. The van der Waals surface area contributed by atoms with Crippen molar-refractivity contribution in [1.29, 1.82) is 0 Å². The Balaban J connectivity index is 1.98. The molecule has 116 valence electrons. The lowest BCUT2D eigenvalue weighted by molar-refractivity contribution is 0.340. The lowest BCUT2D eigenvalue weighted by Crippen LogP contribution is -2.32. The number of ether oxygens (including phenoxy) is 1. The van der Waals surface area contributed by atoms with Crippen molar-refractivity contribution in [3.63, 3.8) is 0 Å². The normalized spacial score (nSPS) is 11.5. The highest BCUT2D eigenvalue weighted by molar-refractivity contribution is 7.80. The molecule has 0 radical (unpaired) electrons. The quantitative estimate of drug-likeness (QED) is 0.768. The summed E-state index contributed by atoms with van der Waals surface area (Å²) in [5.41, 5.74) is 2.16. The highest BCUT2D eigenvalue weighted by Gasteiger charge is 2.10. The molecule has 0 fully saturated rings. The van der Waals surface area contributed by atoms with Crippen LogP contribution in [0.1, 0.15) is 31.9 Å². The Bertz CT molecular complexity index is 601. The van der Waals surface area contributed by atoms with Crippen LogP contribution < -0.4 is 15.4 Å². The molecule has 1 unspecified atom stereocenters. The van der Waals surface area contributed by atoms with Gasteiger partial charge in [-0.05, 0) is 43.3 Å². The predicted molar refractivity (Wildman–Crippen MR) is 96.4 cm³/mol.